The van der Waals surface area contributed by atoms with Crippen LogP contribution in [0.4, 0.5) is 4.39 Å². The first-order valence-corrected chi connectivity index (χ1v) is 6.71. The molecule has 0 bridgehead atoms. The molecule has 0 unspecified atom stereocenters. The predicted molar refractivity (Wildman–Crippen MR) is 76.8 cm³/mol. The van der Waals surface area contributed by atoms with E-state index in [2.05, 4.69) is 11.8 Å². The molecule has 0 saturated heterocycles. The Morgan fingerprint density at radius 1 is 1.45 bits per heavy atom. The van der Waals surface area contributed by atoms with Crippen molar-refractivity contribution in [2.75, 3.05) is 13.2 Å². The van der Waals surface area contributed by atoms with Gasteiger partial charge in [-0.05, 0) is 38.5 Å². The van der Waals surface area contributed by atoms with E-state index in [1.54, 1.807) is 11.0 Å². The van der Waals surface area contributed by atoms with Crippen molar-refractivity contribution in [3.8, 4) is 11.8 Å². The van der Waals surface area contributed by atoms with E-state index >= 15 is 0 Å². The monoisotopic (exact) mass is 277 g/mol. The Kier molecular flexibility index (Phi) is 6.20. The number of nitrogens with zero attached hydrogens (tertiary/aromatic N) is 1. The van der Waals surface area contributed by atoms with E-state index in [-0.39, 0.29) is 24.1 Å². The average molecular weight is 277 g/mol. The fourth-order valence-electron chi connectivity index (χ4n) is 1.89. The summed E-state index contributed by atoms with van der Waals surface area (Å²) in [5.74, 6) is 4.17. The SMILES string of the molecule is CCCN(C(=O)c1ccc(C#CCO)c(F)c1)C(C)C. The molecule has 1 amide bonds. The van der Waals surface area contributed by atoms with E-state index in [4.69, 9.17) is 5.11 Å². The van der Waals surface area contributed by atoms with Gasteiger partial charge in [-0.1, -0.05) is 18.8 Å². The topological polar surface area (TPSA) is 40.5 Å². The van der Waals surface area contributed by atoms with Crippen LogP contribution in [0.1, 0.15) is 43.1 Å². The largest absolute Gasteiger partial charge is 0.384 e. The molecule has 0 aromatic heterocycles. The Bertz CT molecular complexity index is 529. The maximum atomic E-state index is 13.8. The number of halogens is 1. The van der Waals surface area contributed by atoms with E-state index in [1.807, 2.05) is 20.8 Å². The summed E-state index contributed by atoms with van der Waals surface area (Å²) in [6.45, 7) is 6.19. The van der Waals surface area contributed by atoms with Crippen molar-refractivity contribution in [2.45, 2.75) is 33.2 Å². The van der Waals surface area contributed by atoms with E-state index in [0.29, 0.717) is 12.1 Å². The lowest BCUT2D eigenvalue weighted by Gasteiger charge is -2.26. The zero-order chi connectivity index (χ0) is 15.1. The molecule has 0 aliphatic rings. The Balaban J connectivity index is 3.02. The standard InChI is InChI=1S/C16H20FNO2/c1-4-9-18(12(2)3)16(20)14-8-7-13(6-5-10-19)15(17)11-14/h7-8,11-12,19H,4,9-10H2,1-3H3. The number of carbonyl (C=O) groups is 1. The minimum atomic E-state index is -0.544. The summed E-state index contributed by atoms with van der Waals surface area (Å²) < 4.78 is 13.8. The first-order chi connectivity index (χ1) is 9.51. The lowest BCUT2D eigenvalue weighted by Crippen LogP contribution is -2.37. The Hall–Kier alpha value is -1.86. The van der Waals surface area contributed by atoms with E-state index in [1.165, 1.54) is 12.1 Å². The first kappa shape index (κ1) is 16.2. The smallest absolute Gasteiger partial charge is 0.254 e. The predicted octanol–water partition coefficient (Wildman–Crippen LogP) is 2.43. The summed E-state index contributed by atoms with van der Waals surface area (Å²) in [7, 11) is 0. The fraction of sp³-hybridized carbons (Fsp3) is 0.438. The number of aliphatic hydroxyl groups is 1. The first-order valence-electron chi connectivity index (χ1n) is 6.71. The highest BCUT2D eigenvalue weighted by Crippen LogP contribution is 2.14. The molecule has 1 rings (SSSR count). The molecule has 0 radical (unpaired) electrons. The van der Waals surface area contributed by atoms with Crippen molar-refractivity contribution in [3.05, 3.63) is 35.1 Å². The molecule has 0 saturated carbocycles. The van der Waals surface area contributed by atoms with Gasteiger partial charge in [-0.3, -0.25) is 4.79 Å². The lowest BCUT2D eigenvalue weighted by atomic mass is 10.1. The van der Waals surface area contributed by atoms with Crippen LogP contribution >= 0.6 is 0 Å². The van der Waals surface area contributed by atoms with Crippen molar-refractivity contribution in [2.24, 2.45) is 0 Å². The molecule has 0 fully saturated rings. The number of hydrogen-bond donors (Lipinski definition) is 1. The summed E-state index contributed by atoms with van der Waals surface area (Å²) in [6, 6.07) is 4.31. The van der Waals surface area contributed by atoms with Crippen LogP contribution in [-0.4, -0.2) is 35.1 Å². The number of carbonyl (C=O) groups excluding carboxylic acids is 1. The van der Waals surface area contributed by atoms with Crippen LogP contribution in [0.5, 0.6) is 0 Å². The highest BCUT2D eigenvalue weighted by atomic mass is 19.1. The van der Waals surface area contributed by atoms with Gasteiger partial charge in [0.2, 0.25) is 0 Å². The summed E-state index contributed by atoms with van der Waals surface area (Å²) in [6.07, 6.45) is 0.854. The molecule has 1 N–H and O–H groups in total. The molecule has 20 heavy (non-hydrogen) atoms. The molecule has 1 aromatic rings. The molecule has 0 aliphatic carbocycles. The number of amides is 1. The Morgan fingerprint density at radius 3 is 2.65 bits per heavy atom. The number of aliphatic hydroxyl groups excluding tert-OH is 1. The van der Waals surface area contributed by atoms with Gasteiger partial charge < -0.3 is 10.0 Å². The van der Waals surface area contributed by atoms with Gasteiger partial charge in [0, 0.05) is 18.2 Å². The molecular formula is C16H20FNO2. The molecule has 0 aliphatic heterocycles. The molecule has 108 valence electrons. The van der Waals surface area contributed by atoms with Crippen molar-refractivity contribution < 1.29 is 14.3 Å². The van der Waals surface area contributed by atoms with Gasteiger partial charge in [0.15, 0.2) is 0 Å². The third kappa shape index (κ3) is 4.07. The zero-order valence-electron chi connectivity index (χ0n) is 12.1. The van der Waals surface area contributed by atoms with Crippen molar-refractivity contribution in [3.63, 3.8) is 0 Å². The molecular weight excluding hydrogens is 257 g/mol. The highest BCUT2D eigenvalue weighted by Gasteiger charge is 2.18. The summed E-state index contributed by atoms with van der Waals surface area (Å²) in [5, 5.41) is 8.60. The van der Waals surface area contributed by atoms with Gasteiger partial charge in [0.1, 0.15) is 12.4 Å². The second-order valence-electron chi connectivity index (χ2n) is 4.75. The summed E-state index contributed by atoms with van der Waals surface area (Å²) in [4.78, 5) is 14.1. The van der Waals surface area contributed by atoms with E-state index in [0.717, 1.165) is 6.42 Å². The van der Waals surface area contributed by atoms with Crippen LogP contribution in [0.25, 0.3) is 0 Å². The van der Waals surface area contributed by atoms with Gasteiger partial charge in [-0.25, -0.2) is 4.39 Å². The van der Waals surface area contributed by atoms with Crippen LogP contribution in [-0.2, 0) is 0 Å². The Labute approximate surface area is 119 Å². The fourth-order valence-corrected chi connectivity index (χ4v) is 1.89. The quantitative estimate of drug-likeness (QED) is 0.859. The molecule has 0 heterocycles. The van der Waals surface area contributed by atoms with Gasteiger partial charge in [0.05, 0.1) is 5.56 Å². The minimum absolute atomic E-state index is 0.0689. The van der Waals surface area contributed by atoms with Gasteiger partial charge in [-0.15, -0.1) is 0 Å². The molecule has 0 atom stereocenters. The van der Waals surface area contributed by atoms with Gasteiger partial charge >= 0.3 is 0 Å². The molecule has 1 aromatic carbocycles. The average Bonchev–Trinajstić information content (AvgIpc) is 2.42. The summed E-state index contributed by atoms with van der Waals surface area (Å²) >= 11 is 0. The maximum absolute atomic E-state index is 13.8. The second-order valence-corrected chi connectivity index (χ2v) is 4.75. The summed E-state index contributed by atoms with van der Waals surface area (Å²) in [5.41, 5.74) is 0.501. The Morgan fingerprint density at radius 2 is 2.15 bits per heavy atom. The van der Waals surface area contributed by atoms with Crippen LogP contribution in [0.2, 0.25) is 0 Å². The third-order valence-electron chi connectivity index (χ3n) is 2.87. The van der Waals surface area contributed by atoms with Crippen LogP contribution < -0.4 is 0 Å². The number of hydrogen-bond acceptors (Lipinski definition) is 2. The number of benzene rings is 1. The van der Waals surface area contributed by atoms with Crippen molar-refractivity contribution in [1.82, 2.24) is 4.90 Å². The van der Waals surface area contributed by atoms with Crippen LogP contribution in [0.15, 0.2) is 18.2 Å². The molecule has 3 nitrogen and oxygen atoms in total. The second kappa shape index (κ2) is 7.66. The molecule has 0 spiro atoms. The molecule has 4 heteroatoms. The van der Waals surface area contributed by atoms with Crippen LogP contribution in [0, 0.1) is 17.7 Å². The normalized spacial score (nSPS) is 10.1. The lowest BCUT2D eigenvalue weighted by molar-refractivity contribution is 0.0705. The van der Waals surface area contributed by atoms with Gasteiger partial charge in [0.25, 0.3) is 5.91 Å². The zero-order valence-corrected chi connectivity index (χ0v) is 12.1. The highest BCUT2D eigenvalue weighted by molar-refractivity contribution is 5.94. The minimum Gasteiger partial charge on any atom is -0.384 e. The van der Waals surface area contributed by atoms with Crippen LogP contribution in [0.3, 0.4) is 0 Å². The third-order valence-corrected chi connectivity index (χ3v) is 2.87. The van der Waals surface area contributed by atoms with Crippen molar-refractivity contribution in [1.29, 1.82) is 0 Å². The van der Waals surface area contributed by atoms with E-state index < -0.39 is 5.82 Å². The van der Waals surface area contributed by atoms with E-state index in [9.17, 15) is 9.18 Å². The number of rotatable bonds is 4. The maximum Gasteiger partial charge on any atom is 0.254 e. The van der Waals surface area contributed by atoms with Crippen molar-refractivity contribution >= 4 is 5.91 Å². The van der Waals surface area contributed by atoms with Gasteiger partial charge in [-0.2, -0.15) is 0 Å².